The molecule has 0 N–H and O–H groups in total. The fourth-order valence-corrected chi connectivity index (χ4v) is 18.2. The molecule has 0 rings (SSSR count). The number of hydrogen-bond acceptors (Lipinski definition) is 0. The Hall–Kier alpha value is 1.34. The summed E-state index contributed by atoms with van der Waals surface area (Å²) in [6.07, 6.45) is 0. The number of hydrogen-bond donors (Lipinski definition) is 0. The molecule has 23 heavy (non-hydrogen) atoms. The van der Waals surface area contributed by atoms with Crippen molar-refractivity contribution in [3.05, 3.63) is 0 Å². The normalized spacial score (nSPS) is 13.3. The van der Waals surface area contributed by atoms with Gasteiger partial charge in [0.1, 0.15) is 0 Å². The molecule has 0 bridgehead atoms. The first-order valence-corrected chi connectivity index (χ1v) is 17.6. The molecular weight excluding hydrogens is 400 g/mol. The van der Waals surface area contributed by atoms with Crippen molar-refractivity contribution in [2.45, 2.75) is 104 Å². The molecule has 0 spiro atoms. The smallest absolute Gasteiger partial charge is 0.0561 e. The molecule has 4 heteroatoms. The molecule has 140 valence electrons. The quantitative estimate of drug-likeness (QED) is 0.348. The van der Waals surface area contributed by atoms with Crippen LogP contribution < -0.4 is 0 Å². The van der Waals surface area contributed by atoms with Crippen LogP contribution in [0, 0.1) is 17.8 Å². The first kappa shape index (κ1) is 26.6. The molecule has 0 aromatic carbocycles. The second-order valence-electron chi connectivity index (χ2n) is 8.62. The predicted molar refractivity (Wildman–Crippen MR) is 116 cm³/mol. The van der Waals surface area contributed by atoms with Gasteiger partial charge in [-0.25, -0.2) is 0 Å². The summed E-state index contributed by atoms with van der Waals surface area (Å²) >= 11 is -1.92. The minimum atomic E-state index is -1.92. The van der Waals surface area contributed by atoms with Crippen molar-refractivity contribution in [2.24, 2.45) is 17.8 Å². The van der Waals surface area contributed by atoms with E-state index in [9.17, 15) is 0 Å². The van der Waals surface area contributed by atoms with Gasteiger partial charge in [-0.15, -0.1) is 0 Å². The standard InChI is InChI=1S/C10H21Cl2Ge.C9H21Si/c1-7(2)10(8(3)4,9(5)6)13(11)12;1-7(2)10(8(3)4)9(5)6/h7-9H,1-6H3;7-9H,1-6H3. The molecule has 0 unspecified atom stereocenters. The van der Waals surface area contributed by atoms with E-state index >= 15 is 0 Å². The molecule has 0 aliphatic rings. The number of rotatable bonds is 7. The molecule has 0 aliphatic heterocycles. The summed E-state index contributed by atoms with van der Waals surface area (Å²) in [5, 5.41) is 0. The summed E-state index contributed by atoms with van der Waals surface area (Å²) in [5.74, 6) is 1.74. The Morgan fingerprint density at radius 3 is 0.783 bits per heavy atom. The summed E-state index contributed by atoms with van der Waals surface area (Å²) in [6.45, 7) is 27.7. The summed E-state index contributed by atoms with van der Waals surface area (Å²) in [6, 6.07) is 0. The first-order valence-electron chi connectivity index (χ1n) is 9.29. The minimum absolute atomic E-state index is 0.0957. The molecule has 0 heterocycles. The molecular formula is C19H42Cl2GeSi. The summed E-state index contributed by atoms with van der Waals surface area (Å²) < 4.78 is 0.198. The van der Waals surface area contributed by atoms with Gasteiger partial charge in [-0.3, -0.25) is 0 Å². The van der Waals surface area contributed by atoms with E-state index < -0.39 is 12.5 Å². The van der Waals surface area contributed by atoms with Crippen molar-refractivity contribution >= 4 is 41.3 Å². The van der Waals surface area contributed by atoms with Crippen LogP contribution in [0.1, 0.15) is 83.1 Å². The third-order valence-electron chi connectivity index (χ3n) is 5.19. The zero-order valence-electron chi connectivity index (χ0n) is 17.7. The fourth-order valence-electron chi connectivity index (χ4n) is 4.65. The van der Waals surface area contributed by atoms with Crippen LogP contribution in [0.15, 0.2) is 0 Å². The van der Waals surface area contributed by atoms with Crippen LogP contribution in [0.2, 0.25) is 20.9 Å². The Morgan fingerprint density at radius 1 is 0.565 bits per heavy atom. The van der Waals surface area contributed by atoms with Gasteiger partial charge in [0.2, 0.25) is 0 Å². The van der Waals surface area contributed by atoms with E-state index in [-0.39, 0.29) is 13.0 Å². The van der Waals surface area contributed by atoms with Gasteiger partial charge in [0.15, 0.2) is 0 Å². The second kappa shape index (κ2) is 11.9. The van der Waals surface area contributed by atoms with Gasteiger partial charge in [-0.05, 0) is 0 Å². The Kier molecular flexibility index (Phi) is 13.7. The third-order valence-corrected chi connectivity index (χ3v) is 17.6. The van der Waals surface area contributed by atoms with E-state index in [0.717, 1.165) is 16.6 Å². The molecule has 0 fully saturated rings. The van der Waals surface area contributed by atoms with Crippen LogP contribution in [0.4, 0.5) is 0 Å². The molecule has 2 radical (unpaired) electrons. The van der Waals surface area contributed by atoms with Crippen LogP contribution in [0.5, 0.6) is 0 Å². The van der Waals surface area contributed by atoms with Gasteiger partial charge in [0.25, 0.3) is 0 Å². The van der Waals surface area contributed by atoms with E-state index in [2.05, 4.69) is 83.1 Å². The average molecular weight is 442 g/mol. The molecule has 0 aromatic rings. The summed E-state index contributed by atoms with van der Waals surface area (Å²) in [4.78, 5) is 0. The summed E-state index contributed by atoms with van der Waals surface area (Å²) in [5.41, 5.74) is 2.81. The van der Waals surface area contributed by atoms with Gasteiger partial charge in [0.05, 0.1) is 8.80 Å². The van der Waals surface area contributed by atoms with Crippen LogP contribution >= 0.6 is 20.0 Å². The maximum atomic E-state index is 6.32. The van der Waals surface area contributed by atoms with Gasteiger partial charge in [-0.1, -0.05) is 58.2 Å². The Balaban J connectivity index is 0. The van der Waals surface area contributed by atoms with E-state index in [1.165, 1.54) is 0 Å². The van der Waals surface area contributed by atoms with Crippen molar-refractivity contribution in [3.63, 3.8) is 0 Å². The monoisotopic (exact) mass is 442 g/mol. The molecule has 0 aromatic heterocycles. The van der Waals surface area contributed by atoms with Crippen molar-refractivity contribution in [3.8, 4) is 0 Å². The van der Waals surface area contributed by atoms with Crippen LogP contribution in [0.3, 0.4) is 0 Å². The molecule has 0 saturated carbocycles. The Bertz CT molecular complexity index is 243. The molecule has 0 amide bonds. The molecule has 0 nitrogen and oxygen atoms in total. The zero-order chi connectivity index (χ0) is 19.1. The topological polar surface area (TPSA) is 0 Å². The summed E-state index contributed by atoms with van der Waals surface area (Å²) in [7, 11) is 12.5. The van der Waals surface area contributed by atoms with E-state index in [1.807, 2.05) is 0 Å². The largest absolute Gasteiger partial charge is 0.0653 e. The second-order valence-corrected chi connectivity index (χ2v) is 20.9. The van der Waals surface area contributed by atoms with Crippen molar-refractivity contribution in [2.75, 3.05) is 0 Å². The first-order chi connectivity index (χ1) is 10.2. The fraction of sp³-hybridized carbons (Fsp3) is 1.00. The van der Waals surface area contributed by atoms with E-state index in [1.54, 1.807) is 0 Å². The van der Waals surface area contributed by atoms with E-state index in [4.69, 9.17) is 20.0 Å². The van der Waals surface area contributed by atoms with Crippen molar-refractivity contribution in [1.29, 1.82) is 0 Å². The van der Waals surface area contributed by atoms with Crippen LogP contribution in [0.25, 0.3) is 0 Å². The van der Waals surface area contributed by atoms with Gasteiger partial charge >= 0.3 is 96.1 Å². The van der Waals surface area contributed by atoms with Gasteiger partial charge < -0.3 is 0 Å². The predicted octanol–water partition coefficient (Wildman–Crippen LogP) is 8.37. The van der Waals surface area contributed by atoms with Crippen molar-refractivity contribution in [1.82, 2.24) is 0 Å². The van der Waals surface area contributed by atoms with Crippen LogP contribution in [-0.4, -0.2) is 21.3 Å². The van der Waals surface area contributed by atoms with E-state index in [0.29, 0.717) is 17.8 Å². The van der Waals surface area contributed by atoms with Gasteiger partial charge in [0, 0.05) is 0 Å². The molecule has 0 saturated heterocycles. The average Bonchev–Trinajstić information content (AvgIpc) is 2.25. The maximum absolute atomic E-state index is 6.32. The minimum Gasteiger partial charge on any atom is -0.0653 e. The zero-order valence-corrected chi connectivity index (χ0v) is 22.3. The Morgan fingerprint density at radius 2 is 0.783 bits per heavy atom. The third kappa shape index (κ3) is 7.62. The number of halogens is 2. The van der Waals surface area contributed by atoms with Crippen LogP contribution in [-0.2, 0) is 0 Å². The van der Waals surface area contributed by atoms with Crippen molar-refractivity contribution < 1.29 is 0 Å². The molecule has 0 aliphatic carbocycles. The SMILES string of the molecule is CC(C)[C](C(C)C)(C(C)C)[Ge]([Cl])[Cl].CC(C)[Si](C(C)C)C(C)C. The van der Waals surface area contributed by atoms with Gasteiger partial charge in [-0.2, -0.15) is 0 Å². The molecule has 0 atom stereocenters. The maximum Gasteiger partial charge on any atom is 0.0561 e. The Labute approximate surface area is 162 Å².